The normalized spacial score (nSPS) is 11.1. The summed E-state index contributed by atoms with van der Waals surface area (Å²) in [6.45, 7) is 9.59. The minimum absolute atomic E-state index is 0.102. The van der Waals surface area contributed by atoms with Crippen LogP contribution >= 0.6 is 0 Å². The van der Waals surface area contributed by atoms with E-state index in [1.807, 2.05) is 19.1 Å². The van der Waals surface area contributed by atoms with Crippen LogP contribution in [0.25, 0.3) is 0 Å². The SMILES string of the molecule is COc1ccc(CCNC(=O)NCC(C)(C)C)cc1C. The molecule has 2 N–H and O–H groups in total. The van der Waals surface area contributed by atoms with Gasteiger partial charge in [-0.1, -0.05) is 32.9 Å². The van der Waals surface area contributed by atoms with E-state index in [4.69, 9.17) is 4.74 Å². The lowest BCUT2D eigenvalue weighted by molar-refractivity contribution is 0.235. The highest BCUT2D eigenvalue weighted by molar-refractivity contribution is 5.73. The van der Waals surface area contributed by atoms with Crippen molar-refractivity contribution >= 4 is 6.03 Å². The summed E-state index contributed by atoms with van der Waals surface area (Å²) < 4.78 is 5.23. The van der Waals surface area contributed by atoms with E-state index in [2.05, 4.69) is 37.5 Å². The first-order valence-electron chi connectivity index (χ1n) is 6.97. The summed E-state index contributed by atoms with van der Waals surface area (Å²) in [6, 6.07) is 5.98. The summed E-state index contributed by atoms with van der Waals surface area (Å²) >= 11 is 0. The molecule has 2 amide bonds. The Labute approximate surface area is 121 Å². The first kappa shape index (κ1) is 16.3. The molecule has 0 spiro atoms. The van der Waals surface area contributed by atoms with E-state index in [0.29, 0.717) is 13.1 Å². The zero-order valence-electron chi connectivity index (χ0n) is 13.2. The zero-order valence-corrected chi connectivity index (χ0v) is 13.2. The molecule has 0 aliphatic rings. The molecule has 0 saturated heterocycles. The van der Waals surface area contributed by atoms with E-state index >= 15 is 0 Å². The van der Waals surface area contributed by atoms with Gasteiger partial charge in [-0.3, -0.25) is 0 Å². The lowest BCUT2D eigenvalue weighted by Crippen LogP contribution is -2.40. The molecule has 112 valence electrons. The molecule has 0 heterocycles. The Balaban J connectivity index is 2.34. The molecule has 0 radical (unpaired) electrons. The van der Waals surface area contributed by atoms with Crippen LogP contribution in [0.1, 0.15) is 31.9 Å². The molecule has 0 aliphatic carbocycles. The van der Waals surface area contributed by atoms with Gasteiger partial charge in [0.25, 0.3) is 0 Å². The molecule has 4 heteroatoms. The molecule has 1 rings (SSSR count). The number of aryl methyl sites for hydroxylation is 1. The van der Waals surface area contributed by atoms with Crippen molar-refractivity contribution in [1.82, 2.24) is 10.6 Å². The fourth-order valence-corrected chi connectivity index (χ4v) is 1.82. The average molecular weight is 278 g/mol. The Morgan fingerprint density at radius 2 is 1.95 bits per heavy atom. The van der Waals surface area contributed by atoms with Crippen molar-refractivity contribution in [3.63, 3.8) is 0 Å². The average Bonchev–Trinajstić information content (AvgIpc) is 2.36. The van der Waals surface area contributed by atoms with Crippen molar-refractivity contribution in [2.24, 2.45) is 5.41 Å². The third-order valence-electron chi connectivity index (χ3n) is 2.94. The number of nitrogens with one attached hydrogen (secondary N) is 2. The van der Waals surface area contributed by atoms with Crippen LogP contribution in [0.2, 0.25) is 0 Å². The molecular formula is C16H26N2O2. The predicted octanol–water partition coefficient (Wildman–Crippen LogP) is 2.89. The Hall–Kier alpha value is -1.71. The van der Waals surface area contributed by atoms with E-state index < -0.39 is 0 Å². The predicted molar refractivity (Wildman–Crippen MR) is 82.3 cm³/mol. The fourth-order valence-electron chi connectivity index (χ4n) is 1.82. The molecule has 1 aromatic rings. The topological polar surface area (TPSA) is 50.4 Å². The molecular weight excluding hydrogens is 252 g/mol. The second kappa shape index (κ2) is 7.17. The maximum Gasteiger partial charge on any atom is 0.314 e. The Morgan fingerprint density at radius 1 is 1.25 bits per heavy atom. The van der Waals surface area contributed by atoms with Crippen LogP contribution in [0.15, 0.2) is 18.2 Å². The molecule has 0 aliphatic heterocycles. The van der Waals surface area contributed by atoms with Crippen LogP contribution in [0.5, 0.6) is 5.75 Å². The summed E-state index contributed by atoms with van der Waals surface area (Å²) in [4.78, 5) is 11.6. The van der Waals surface area contributed by atoms with Gasteiger partial charge in [-0.2, -0.15) is 0 Å². The van der Waals surface area contributed by atoms with E-state index in [1.165, 1.54) is 5.56 Å². The smallest absolute Gasteiger partial charge is 0.314 e. The maximum atomic E-state index is 11.6. The summed E-state index contributed by atoms with van der Waals surface area (Å²) in [7, 11) is 1.67. The number of carbonyl (C=O) groups excluding carboxylic acids is 1. The van der Waals surface area contributed by atoms with Gasteiger partial charge in [-0.15, -0.1) is 0 Å². The number of amides is 2. The fraction of sp³-hybridized carbons (Fsp3) is 0.562. The van der Waals surface area contributed by atoms with Crippen LogP contribution < -0.4 is 15.4 Å². The summed E-state index contributed by atoms with van der Waals surface area (Å²) in [5.74, 6) is 0.893. The number of hydrogen-bond donors (Lipinski definition) is 2. The van der Waals surface area contributed by atoms with E-state index in [1.54, 1.807) is 7.11 Å². The Morgan fingerprint density at radius 3 is 2.50 bits per heavy atom. The molecule has 0 fully saturated rings. The third kappa shape index (κ3) is 5.95. The summed E-state index contributed by atoms with van der Waals surface area (Å²) in [5.41, 5.74) is 2.41. The third-order valence-corrected chi connectivity index (χ3v) is 2.94. The maximum absolute atomic E-state index is 11.6. The van der Waals surface area contributed by atoms with Crippen molar-refractivity contribution in [3.8, 4) is 5.75 Å². The molecule has 0 atom stereocenters. The molecule has 1 aromatic carbocycles. The number of carbonyl (C=O) groups is 1. The number of rotatable bonds is 5. The Bertz CT molecular complexity index is 450. The monoisotopic (exact) mass is 278 g/mol. The van der Waals surface area contributed by atoms with Gasteiger partial charge in [-0.05, 0) is 36.0 Å². The molecule has 0 saturated carbocycles. The van der Waals surface area contributed by atoms with Gasteiger partial charge in [0.05, 0.1) is 7.11 Å². The van der Waals surface area contributed by atoms with Gasteiger partial charge in [0.2, 0.25) is 0 Å². The number of ether oxygens (including phenoxy) is 1. The lowest BCUT2D eigenvalue weighted by Gasteiger charge is -2.18. The first-order chi connectivity index (χ1) is 9.31. The van der Waals surface area contributed by atoms with Gasteiger partial charge in [0, 0.05) is 13.1 Å². The minimum Gasteiger partial charge on any atom is -0.496 e. The summed E-state index contributed by atoms with van der Waals surface area (Å²) in [6.07, 6.45) is 0.813. The minimum atomic E-state index is -0.106. The van der Waals surface area contributed by atoms with Crippen LogP contribution in [-0.4, -0.2) is 26.2 Å². The van der Waals surface area contributed by atoms with Gasteiger partial charge in [-0.25, -0.2) is 4.79 Å². The van der Waals surface area contributed by atoms with Crippen LogP contribution in [-0.2, 0) is 6.42 Å². The number of methoxy groups -OCH3 is 1. The highest BCUT2D eigenvalue weighted by Crippen LogP contribution is 2.18. The number of benzene rings is 1. The number of urea groups is 1. The highest BCUT2D eigenvalue weighted by Gasteiger charge is 2.11. The van der Waals surface area contributed by atoms with Gasteiger partial charge < -0.3 is 15.4 Å². The number of hydrogen-bond acceptors (Lipinski definition) is 2. The van der Waals surface area contributed by atoms with E-state index in [-0.39, 0.29) is 11.4 Å². The largest absolute Gasteiger partial charge is 0.496 e. The lowest BCUT2D eigenvalue weighted by atomic mass is 9.97. The molecule has 20 heavy (non-hydrogen) atoms. The molecule has 0 bridgehead atoms. The quantitative estimate of drug-likeness (QED) is 0.870. The van der Waals surface area contributed by atoms with Gasteiger partial charge >= 0.3 is 6.03 Å². The van der Waals surface area contributed by atoms with E-state index in [9.17, 15) is 4.79 Å². The van der Waals surface area contributed by atoms with Crippen molar-refractivity contribution in [3.05, 3.63) is 29.3 Å². The van der Waals surface area contributed by atoms with Crippen molar-refractivity contribution in [2.75, 3.05) is 20.2 Å². The van der Waals surface area contributed by atoms with Crippen LogP contribution in [0.3, 0.4) is 0 Å². The van der Waals surface area contributed by atoms with Crippen LogP contribution in [0.4, 0.5) is 4.79 Å². The van der Waals surface area contributed by atoms with Gasteiger partial charge in [0.1, 0.15) is 5.75 Å². The zero-order chi connectivity index (χ0) is 15.2. The van der Waals surface area contributed by atoms with Crippen molar-refractivity contribution in [1.29, 1.82) is 0 Å². The second-order valence-corrected chi connectivity index (χ2v) is 6.22. The van der Waals surface area contributed by atoms with Crippen molar-refractivity contribution < 1.29 is 9.53 Å². The van der Waals surface area contributed by atoms with Crippen LogP contribution in [0, 0.1) is 12.3 Å². The van der Waals surface area contributed by atoms with E-state index in [0.717, 1.165) is 17.7 Å². The summed E-state index contributed by atoms with van der Waals surface area (Å²) in [5, 5.41) is 5.74. The molecule has 0 unspecified atom stereocenters. The second-order valence-electron chi connectivity index (χ2n) is 6.22. The highest BCUT2D eigenvalue weighted by atomic mass is 16.5. The molecule has 0 aromatic heterocycles. The Kier molecular flexibility index (Phi) is 5.86. The standard InChI is InChI=1S/C16H26N2O2/c1-12-10-13(6-7-14(12)20-5)8-9-17-15(19)18-11-16(2,3)4/h6-7,10H,8-9,11H2,1-5H3,(H2,17,18,19). The first-order valence-corrected chi connectivity index (χ1v) is 6.97. The molecule has 4 nitrogen and oxygen atoms in total. The van der Waals surface area contributed by atoms with Crippen molar-refractivity contribution in [2.45, 2.75) is 34.1 Å². The van der Waals surface area contributed by atoms with Gasteiger partial charge in [0.15, 0.2) is 0 Å².